The molecule has 0 bridgehead atoms. The maximum absolute atomic E-state index is 13.7. The van der Waals surface area contributed by atoms with Gasteiger partial charge in [-0.2, -0.15) is 4.31 Å². The molecule has 1 fully saturated rings. The van der Waals surface area contributed by atoms with E-state index in [1.54, 1.807) is 0 Å². The van der Waals surface area contributed by atoms with E-state index in [1.165, 1.54) is 16.4 Å². The van der Waals surface area contributed by atoms with Gasteiger partial charge in [0.15, 0.2) is 5.82 Å². The number of rotatable bonds is 4. The zero-order valence-electron chi connectivity index (χ0n) is 11.8. The van der Waals surface area contributed by atoms with Crippen LogP contribution in [0.4, 0.5) is 4.39 Å². The number of benzene rings is 1. The number of piperidine rings is 1. The van der Waals surface area contributed by atoms with Crippen LogP contribution in [-0.2, 0) is 10.0 Å². The summed E-state index contributed by atoms with van der Waals surface area (Å²) in [5.74, 6) is -0.677. The first kappa shape index (κ1) is 19.9. The first-order valence-electron chi connectivity index (χ1n) is 6.71. The highest BCUT2D eigenvalue weighted by Gasteiger charge is 2.32. The number of nitrogens with zero attached hydrogens (tertiary/aromatic N) is 1. The molecule has 1 heterocycles. The topological polar surface area (TPSA) is 63.4 Å². The molecule has 22 heavy (non-hydrogen) atoms. The number of sulfonamides is 1. The summed E-state index contributed by atoms with van der Waals surface area (Å²) in [6, 6.07) is 2.45. The van der Waals surface area contributed by atoms with E-state index in [1.807, 2.05) is 0 Å². The highest BCUT2D eigenvalue weighted by atomic mass is 35.5. The van der Waals surface area contributed by atoms with Gasteiger partial charge in [0.1, 0.15) is 4.90 Å². The largest absolute Gasteiger partial charge is 0.330 e. The van der Waals surface area contributed by atoms with Gasteiger partial charge in [-0.05, 0) is 43.9 Å². The lowest BCUT2D eigenvalue weighted by molar-refractivity contribution is 0.258. The standard InChI is InChI=1S/C13H17Cl2FN2O2S.ClH/c14-10-3-4-11(12(15)13(10)16)21(19,20)18-7-1-2-9(8-18)5-6-17;/h3-4,9H,1-2,5-8,17H2;1H. The highest BCUT2D eigenvalue weighted by Crippen LogP contribution is 2.33. The van der Waals surface area contributed by atoms with E-state index >= 15 is 0 Å². The molecule has 1 saturated heterocycles. The molecule has 1 aliphatic heterocycles. The fraction of sp³-hybridized carbons (Fsp3) is 0.538. The Labute approximate surface area is 146 Å². The first-order chi connectivity index (χ1) is 9.87. The molecule has 0 aromatic heterocycles. The molecule has 0 radical (unpaired) electrons. The minimum absolute atomic E-state index is 0. The van der Waals surface area contributed by atoms with Crippen molar-refractivity contribution in [1.82, 2.24) is 4.31 Å². The normalized spacial score (nSPS) is 19.7. The van der Waals surface area contributed by atoms with Crippen molar-refractivity contribution in [2.45, 2.75) is 24.2 Å². The third-order valence-corrected chi connectivity index (χ3v) is 6.36. The Hall–Kier alpha value is -0.110. The monoisotopic (exact) mass is 390 g/mol. The lowest BCUT2D eigenvalue weighted by Gasteiger charge is -2.32. The molecule has 0 saturated carbocycles. The van der Waals surface area contributed by atoms with Crippen molar-refractivity contribution in [1.29, 1.82) is 0 Å². The number of halogens is 4. The average Bonchev–Trinajstić information content (AvgIpc) is 2.45. The van der Waals surface area contributed by atoms with Crippen LogP contribution in [0.2, 0.25) is 10.0 Å². The second-order valence-corrected chi connectivity index (χ2v) is 7.81. The molecule has 2 rings (SSSR count). The third-order valence-electron chi connectivity index (χ3n) is 3.67. The summed E-state index contributed by atoms with van der Waals surface area (Å²) in [6.07, 6.45) is 2.48. The van der Waals surface area contributed by atoms with Crippen LogP contribution in [-0.4, -0.2) is 32.4 Å². The molecule has 9 heteroatoms. The van der Waals surface area contributed by atoms with Crippen LogP contribution in [0.3, 0.4) is 0 Å². The summed E-state index contributed by atoms with van der Waals surface area (Å²) in [5.41, 5.74) is 5.53. The fourth-order valence-corrected chi connectivity index (χ4v) is 4.84. The van der Waals surface area contributed by atoms with Crippen LogP contribution in [0.25, 0.3) is 0 Å². The van der Waals surface area contributed by atoms with Gasteiger partial charge in [0.05, 0.1) is 10.0 Å². The van der Waals surface area contributed by atoms with Gasteiger partial charge in [-0.15, -0.1) is 12.4 Å². The van der Waals surface area contributed by atoms with Gasteiger partial charge in [-0.3, -0.25) is 0 Å². The molecule has 1 atom stereocenters. The van der Waals surface area contributed by atoms with Crippen LogP contribution in [0.15, 0.2) is 17.0 Å². The van der Waals surface area contributed by atoms with Crippen molar-refractivity contribution in [3.63, 3.8) is 0 Å². The Morgan fingerprint density at radius 2 is 2.05 bits per heavy atom. The van der Waals surface area contributed by atoms with E-state index in [4.69, 9.17) is 28.9 Å². The van der Waals surface area contributed by atoms with Crippen molar-refractivity contribution < 1.29 is 12.8 Å². The predicted octanol–water partition coefficient (Wildman–Crippen LogP) is 3.30. The van der Waals surface area contributed by atoms with Crippen LogP contribution < -0.4 is 5.73 Å². The van der Waals surface area contributed by atoms with E-state index < -0.39 is 20.9 Å². The molecular formula is C13H18Cl3FN2O2S. The maximum Gasteiger partial charge on any atom is 0.244 e. The van der Waals surface area contributed by atoms with Crippen molar-refractivity contribution in [2.24, 2.45) is 11.7 Å². The molecule has 1 aliphatic rings. The van der Waals surface area contributed by atoms with Gasteiger partial charge < -0.3 is 5.73 Å². The van der Waals surface area contributed by atoms with Gasteiger partial charge in [-0.25, -0.2) is 12.8 Å². The van der Waals surface area contributed by atoms with Crippen LogP contribution in [0.5, 0.6) is 0 Å². The smallest absolute Gasteiger partial charge is 0.244 e. The van der Waals surface area contributed by atoms with Crippen molar-refractivity contribution in [3.8, 4) is 0 Å². The van der Waals surface area contributed by atoms with E-state index in [0.29, 0.717) is 19.6 Å². The van der Waals surface area contributed by atoms with Crippen molar-refractivity contribution in [2.75, 3.05) is 19.6 Å². The highest BCUT2D eigenvalue weighted by molar-refractivity contribution is 7.89. The zero-order valence-corrected chi connectivity index (χ0v) is 14.9. The Morgan fingerprint density at radius 1 is 1.36 bits per heavy atom. The Bertz CT molecular complexity index is 626. The predicted molar refractivity (Wildman–Crippen MR) is 88.8 cm³/mol. The molecule has 0 aliphatic carbocycles. The molecular weight excluding hydrogens is 374 g/mol. The average molecular weight is 392 g/mol. The molecule has 4 nitrogen and oxygen atoms in total. The molecule has 126 valence electrons. The number of hydrogen-bond donors (Lipinski definition) is 1. The van der Waals surface area contributed by atoms with E-state index in [-0.39, 0.29) is 28.2 Å². The molecule has 1 aromatic rings. The van der Waals surface area contributed by atoms with Gasteiger partial charge in [-0.1, -0.05) is 23.2 Å². The molecule has 1 unspecified atom stereocenters. The SMILES string of the molecule is Cl.NCCC1CCCN(S(=O)(=O)c2ccc(Cl)c(F)c2Cl)C1. The first-order valence-corrected chi connectivity index (χ1v) is 8.91. The van der Waals surface area contributed by atoms with Crippen molar-refractivity contribution in [3.05, 3.63) is 28.0 Å². The summed E-state index contributed by atoms with van der Waals surface area (Å²) in [5, 5.41) is -0.651. The van der Waals surface area contributed by atoms with Crippen LogP contribution in [0, 0.1) is 11.7 Å². The van der Waals surface area contributed by atoms with E-state index in [9.17, 15) is 12.8 Å². The van der Waals surface area contributed by atoms with Gasteiger partial charge in [0.25, 0.3) is 0 Å². The van der Waals surface area contributed by atoms with Gasteiger partial charge >= 0.3 is 0 Å². The Kier molecular flexibility index (Phi) is 7.36. The Balaban J connectivity index is 0.00000242. The fourth-order valence-electron chi connectivity index (χ4n) is 2.56. The summed E-state index contributed by atoms with van der Waals surface area (Å²) < 4.78 is 40.3. The lowest BCUT2D eigenvalue weighted by atomic mass is 9.96. The van der Waals surface area contributed by atoms with Crippen molar-refractivity contribution >= 4 is 45.6 Å². The number of nitrogens with two attached hydrogens (primary N) is 1. The number of hydrogen-bond acceptors (Lipinski definition) is 3. The lowest BCUT2D eigenvalue weighted by Crippen LogP contribution is -2.40. The minimum atomic E-state index is -3.82. The summed E-state index contributed by atoms with van der Waals surface area (Å²) in [6.45, 7) is 1.32. The summed E-state index contributed by atoms with van der Waals surface area (Å²) in [7, 11) is -3.82. The van der Waals surface area contributed by atoms with Crippen LogP contribution in [0.1, 0.15) is 19.3 Å². The van der Waals surface area contributed by atoms with Crippen LogP contribution >= 0.6 is 35.6 Å². The summed E-state index contributed by atoms with van der Waals surface area (Å²) in [4.78, 5) is -0.237. The second-order valence-electron chi connectivity index (χ2n) is 5.12. The van der Waals surface area contributed by atoms with E-state index in [2.05, 4.69) is 0 Å². The zero-order chi connectivity index (χ0) is 15.6. The minimum Gasteiger partial charge on any atom is -0.330 e. The molecule has 0 amide bonds. The Morgan fingerprint density at radius 3 is 2.68 bits per heavy atom. The van der Waals surface area contributed by atoms with Gasteiger partial charge in [0, 0.05) is 13.1 Å². The molecule has 1 aromatic carbocycles. The molecule has 2 N–H and O–H groups in total. The quantitative estimate of drug-likeness (QED) is 0.801. The van der Waals surface area contributed by atoms with E-state index in [0.717, 1.165) is 19.3 Å². The summed E-state index contributed by atoms with van der Waals surface area (Å²) >= 11 is 11.4. The third kappa shape index (κ3) is 4.04. The second kappa shape index (κ2) is 8.13. The molecule has 0 spiro atoms. The maximum atomic E-state index is 13.7. The van der Waals surface area contributed by atoms with Gasteiger partial charge in [0.2, 0.25) is 10.0 Å².